The van der Waals surface area contributed by atoms with Crippen LogP contribution in [-0.2, 0) is 4.79 Å². The normalized spacial score (nSPS) is 11.1. The highest BCUT2D eigenvalue weighted by Gasteiger charge is 2.26. The van der Waals surface area contributed by atoms with Gasteiger partial charge >= 0.3 is 17.3 Å². The molecule has 0 aromatic heterocycles. The van der Waals surface area contributed by atoms with Gasteiger partial charge in [-0.2, -0.15) is 5.10 Å². The van der Waals surface area contributed by atoms with E-state index in [1.807, 2.05) is 0 Å². The second-order valence-electron chi connectivity index (χ2n) is 5.47. The summed E-state index contributed by atoms with van der Waals surface area (Å²) < 4.78 is 31.2. The van der Waals surface area contributed by atoms with Gasteiger partial charge in [-0.15, -0.1) is 0 Å². The number of aliphatic carboxylic acids is 1. The van der Waals surface area contributed by atoms with Crippen molar-refractivity contribution in [3.63, 3.8) is 0 Å². The first-order valence-electron chi connectivity index (χ1n) is 7.67. The van der Waals surface area contributed by atoms with Crippen molar-refractivity contribution in [2.45, 2.75) is 6.92 Å². The first-order chi connectivity index (χ1) is 13.6. The van der Waals surface area contributed by atoms with Gasteiger partial charge in [0.2, 0.25) is 0 Å². The van der Waals surface area contributed by atoms with Crippen molar-refractivity contribution in [1.29, 1.82) is 0 Å². The van der Waals surface area contributed by atoms with E-state index in [0.717, 1.165) is 18.2 Å². The number of anilines is 1. The van der Waals surface area contributed by atoms with Crippen LogP contribution in [0.1, 0.15) is 12.5 Å². The molecule has 152 valence electrons. The first-order valence-corrected chi connectivity index (χ1v) is 7.67. The van der Waals surface area contributed by atoms with Crippen LogP contribution < -0.4 is 10.2 Å². The molecule has 13 heteroatoms. The highest BCUT2D eigenvalue weighted by atomic mass is 19.2. The Balaban J connectivity index is 2.44. The number of hydrazone groups is 1. The third kappa shape index (κ3) is 5.18. The number of nitrogens with one attached hydrogen (secondary N) is 1. The lowest BCUT2D eigenvalue weighted by molar-refractivity contribution is -0.394. The maximum Gasteiger partial charge on any atom is 0.341 e. The SMILES string of the molecule is CC(=NNc1cc(OCC(=O)O)c([N+](=O)[O-])cc1[N+](=O)[O-])c1ccc(F)c(F)c1. The Bertz CT molecular complexity index is 1030. The molecule has 0 radical (unpaired) electrons. The fourth-order valence-corrected chi connectivity index (χ4v) is 2.13. The van der Waals surface area contributed by atoms with Gasteiger partial charge in [0.25, 0.3) is 0 Å². The Kier molecular flexibility index (Phi) is 6.33. The van der Waals surface area contributed by atoms with E-state index in [0.29, 0.717) is 6.07 Å². The van der Waals surface area contributed by atoms with Gasteiger partial charge < -0.3 is 9.84 Å². The number of ether oxygens (including phenoxy) is 1. The van der Waals surface area contributed by atoms with E-state index in [1.165, 1.54) is 13.0 Å². The van der Waals surface area contributed by atoms with Crippen molar-refractivity contribution < 1.29 is 33.3 Å². The zero-order chi connectivity index (χ0) is 21.7. The number of carboxylic acids is 1. The molecule has 0 amide bonds. The lowest BCUT2D eigenvalue weighted by Gasteiger charge is -2.09. The number of nitro groups is 2. The molecule has 0 unspecified atom stereocenters. The molecule has 2 aromatic carbocycles. The number of hydrogen-bond acceptors (Lipinski definition) is 8. The largest absolute Gasteiger partial charge is 0.479 e. The highest BCUT2D eigenvalue weighted by Crippen LogP contribution is 2.37. The fraction of sp³-hybridized carbons (Fsp3) is 0.125. The van der Waals surface area contributed by atoms with Gasteiger partial charge in [-0.05, 0) is 25.1 Å². The average molecular weight is 410 g/mol. The summed E-state index contributed by atoms with van der Waals surface area (Å²) in [5, 5.41) is 34.8. The summed E-state index contributed by atoms with van der Waals surface area (Å²) in [6.45, 7) is 0.480. The molecule has 0 saturated heterocycles. The molecular weight excluding hydrogens is 398 g/mol. The van der Waals surface area contributed by atoms with E-state index in [-0.39, 0.29) is 17.0 Å². The van der Waals surface area contributed by atoms with Crippen molar-refractivity contribution in [3.8, 4) is 5.75 Å². The van der Waals surface area contributed by atoms with E-state index in [4.69, 9.17) is 9.84 Å². The number of nitro benzene ring substituents is 2. The first kappa shape index (κ1) is 21.1. The Morgan fingerprint density at radius 3 is 2.34 bits per heavy atom. The van der Waals surface area contributed by atoms with Crippen LogP contribution in [0.25, 0.3) is 0 Å². The molecular formula is C16H12F2N4O7. The predicted octanol–water partition coefficient (Wildman–Crippen LogP) is 3.08. The van der Waals surface area contributed by atoms with E-state index < -0.39 is 51.2 Å². The van der Waals surface area contributed by atoms with Crippen molar-refractivity contribution in [3.05, 3.63) is 67.8 Å². The minimum Gasteiger partial charge on any atom is -0.479 e. The third-order valence-electron chi connectivity index (χ3n) is 3.50. The van der Waals surface area contributed by atoms with Crippen LogP contribution >= 0.6 is 0 Å². The van der Waals surface area contributed by atoms with Gasteiger partial charge in [-0.3, -0.25) is 25.7 Å². The Morgan fingerprint density at radius 2 is 1.79 bits per heavy atom. The number of carbonyl (C=O) groups is 1. The van der Waals surface area contributed by atoms with Gasteiger partial charge in [0.05, 0.1) is 15.6 Å². The van der Waals surface area contributed by atoms with Crippen LogP contribution in [0.2, 0.25) is 0 Å². The molecule has 0 atom stereocenters. The van der Waals surface area contributed by atoms with Crippen molar-refractivity contribution in [2.75, 3.05) is 12.0 Å². The van der Waals surface area contributed by atoms with E-state index in [9.17, 15) is 33.8 Å². The number of benzene rings is 2. The molecule has 29 heavy (non-hydrogen) atoms. The summed E-state index contributed by atoms with van der Waals surface area (Å²) in [6.07, 6.45) is 0. The Labute approximate surface area is 160 Å². The number of halogens is 2. The minimum atomic E-state index is -1.42. The van der Waals surface area contributed by atoms with Crippen LogP contribution in [0.3, 0.4) is 0 Å². The number of nitrogens with zero attached hydrogens (tertiary/aromatic N) is 3. The summed E-state index contributed by atoms with van der Waals surface area (Å²) in [5.41, 5.74) is 0.692. The van der Waals surface area contributed by atoms with Crippen LogP contribution in [0.15, 0.2) is 35.4 Å². The molecule has 11 nitrogen and oxygen atoms in total. The highest BCUT2D eigenvalue weighted by molar-refractivity contribution is 5.99. The zero-order valence-corrected chi connectivity index (χ0v) is 14.6. The third-order valence-corrected chi connectivity index (χ3v) is 3.50. The van der Waals surface area contributed by atoms with Gasteiger partial charge in [-0.25, -0.2) is 13.6 Å². The number of carboxylic acid groups (broad SMARTS) is 1. The second kappa shape index (κ2) is 8.69. The van der Waals surface area contributed by atoms with Gasteiger partial charge in [0.1, 0.15) is 11.8 Å². The smallest absolute Gasteiger partial charge is 0.341 e. The quantitative estimate of drug-likeness (QED) is 0.382. The maximum absolute atomic E-state index is 13.3. The molecule has 0 aliphatic rings. The number of hydrogen-bond donors (Lipinski definition) is 2. The molecule has 0 saturated carbocycles. The fourth-order valence-electron chi connectivity index (χ4n) is 2.13. The molecule has 0 aliphatic carbocycles. The molecule has 0 aliphatic heterocycles. The summed E-state index contributed by atoms with van der Waals surface area (Å²) in [4.78, 5) is 31.1. The van der Waals surface area contributed by atoms with Crippen molar-refractivity contribution >= 4 is 28.7 Å². The molecule has 0 heterocycles. The maximum atomic E-state index is 13.3. The van der Waals surface area contributed by atoms with Crippen molar-refractivity contribution in [1.82, 2.24) is 0 Å². The summed E-state index contributed by atoms with van der Waals surface area (Å²) in [6, 6.07) is 4.39. The van der Waals surface area contributed by atoms with Crippen LogP contribution in [0.4, 0.5) is 25.8 Å². The molecule has 0 fully saturated rings. The summed E-state index contributed by atoms with van der Waals surface area (Å²) in [7, 11) is 0. The lowest BCUT2D eigenvalue weighted by atomic mass is 10.1. The zero-order valence-electron chi connectivity index (χ0n) is 14.6. The van der Waals surface area contributed by atoms with Crippen LogP contribution in [-0.4, -0.2) is 33.2 Å². The van der Waals surface area contributed by atoms with Gasteiger partial charge in [0.15, 0.2) is 24.0 Å². The summed E-state index contributed by atoms with van der Waals surface area (Å²) >= 11 is 0. The predicted molar refractivity (Wildman–Crippen MR) is 95.1 cm³/mol. The topological polar surface area (TPSA) is 157 Å². The van der Waals surface area contributed by atoms with E-state index in [1.54, 1.807) is 0 Å². The van der Waals surface area contributed by atoms with E-state index >= 15 is 0 Å². The van der Waals surface area contributed by atoms with Gasteiger partial charge in [0, 0.05) is 11.6 Å². The average Bonchev–Trinajstić information content (AvgIpc) is 2.65. The Hall–Kier alpha value is -4.16. The standard InChI is InChI=1S/C16H12F2N4O7/c1-8(9-2-3-10(17)11(18)4-9)19-20-12-5-15(29-7-16(23)24)14(22(27)28)6-13(12)21(25)26/h2-6,20H,7H2,1H3,(H,23,24). The second-order valence-corrected chi connectivity index (χ2v) is 5.47. The van der Waals surface area contributed by atoms with Crippen molar-refractivity contribution in [2.24, 2.45) is 5.10 Å². The van der Waals surface area contributed by atoms with E-state index in [2.05, 4.69) is 10.5 Å². The molecule has 0 spiro atoms. The van der Waals surface area contributed by atoms with Crippen LogP contribution in [0.5, 0.6) is 5.75 Å². The Morgan fingerprint density at radius 1 is 1.14 bits per heavy atom. The molecule has 2 aromatic rings. The molecule has 2 rings (SSSR count). The lowest BCUT2D eigenvalue weighted by Crippen LogP contribution is -2.11. The molecule has 0 bridgehead atoms. The number of rotatable bonds is 8. The van der Waals surface area contributed by atoms with Gasteiger partial charge in [-0.1, -0.05) is 0 Å². The monoisotopic (exact) mass is 410 g/mol. The van der Waals surface area contributed by atoms with Crippen LogP contribution in [0, 0.1) is 31.9 Å². The summed E-state index contributed by atoms with van der Waals surface area (Å²) in [5.74, 6) is -4.14. The minimum absolute atomic E-state index is 0.115. The molecule has 2 N–H and O–H groups in total.